The van der Waals surface area contributed by atoms with Gasteiger partial charge in [0, 0.05) is 24.8 Å². The van der Waals surface area contributed by atoms with Crippen molar-refractivity contribution in [1.29, 1.82) is 0 Å². The second-order valence-corrected chi connectivity index (χ2v) is 5.91. The van der Waals surface area contributed by atoms with Gasteiger partial charge in [0.15, 0.2) is 0 Å². The van der Waals surface area contributed by atoms with Crippen LogP contribution in [0.4, 0.5) is 11.5 Å². The molecule has 112 valence electrons. The summed E-state index contributed by atoms with van der Waals surface area (Å²) >= 11 is 0. The maximum atomic E-state index is 12.5. The van der Waals surface area contributed by atoms with Gasteiger partial charge in [-0.15, -0.1) is 0 Å². The third-order valence-electron chi connectivity index (χ3n) is 4.74. The number of carbonyl (C=O) groups is 1. The number of nitrogens with zero attached hydrogens (tertiary/aromatic N) is 4. The van der Waals surface area contributed by atoms with Crippen LogP contribution in [-0.2, 0) is 10.2 Å². The first kappa shape index (κ1) is 13.2. The summed E-state index contributed by atoms with van der Waals surface area (Å²) in [5.74, 6) is 1.58. The number of pyridine rings is 1. The molecule has 0 radical (unpaired) electrons. The van der Waals surface area contributed by atoms with Gasteiger partial charge in [-0.05, 0) is 25.8 Å². The lowest BCUT2D eigenvalue weighted by Gasteiger charge is -2.38. The number of piperidine rings is 1. The van der Waals surface area contributed by atoms with Gasteiger partial charge in [0.25, 0.3) is 0 Å². The van der Waals surface area contributed by atoms with Crippen LogP contribution in [0.2, 0.25) is 0 Å². The number of rotatable bonds is 1. The lowest BCUT2D eigenvalue weighted by molar-refractivity contribution is -0.121. The van der Waals surface area contributed by atoms with Gasteiger partial charge in [-0.25, -0.2) is 15.0 Å². The number of aryl methyl sites for hydroxylation is 1. The van der Waals surface area contributed by atoms with Crippen molar-refractivity contribution in [2.45, 2.75) is 25.2 Å². The zero-order valence-corrected chi connectivity index (χ0v) is 12.4. The molecule has 2 aromatic heterocycles. The van der Waals surface area contributed by atoms with Crippen LogP contribution in [0.25, 0.3) is 0 Å². The maximum Gasteiger partial charge on any atom is 0.236 e. The summed E-state index contributed by atoms with van der Waals surface area (Å²) in [6.45, 7) is 3.50. The molecule has 6 heteroatoms. The molecule has 1 spiro atoms. The summed E-state index contributed by atoms with van der Waals surface area (Å²) in [5, 5.41) is 2.93. The van der Waals surface area contributed by atoms with Gasteiger partial charge in [-0.2, -0.15) is 0 Å². The third-order valence-corrected chi connectivity index (χ3v) is 4.74. The SMILES string of the molecule is Cc1ncc(N2CCC3(CC2)C(=O)Nc2ncccc23)cn1. The molecule has 2 aliphatic heterocycles. The van der Waals surface area contributed by atoms with E-state index in [9.17, 15) is 4.79 Å². The van der Waals surface area contributed by atoms with Crippen molar-refractivity contribution in [3.05, 3.63) is 42.1 Å². The number of nitrogens with one attached hydrogen (secondary N) is 1. The highest BCUT2D eigenvalue weighted by Gasteiger charge is 2.49. The minimum absolute atomic E-state index is 0.0843. The molecule has 0 aromatic carbocycles. The molecule has 4 rings (SSSR count). The van der Waals surface area contributed by atoms with E-state index in [1.54, 1.807) is 6.20 Å². The monoisotopic (exact) mass is 295 g/mol. The van der Waals surface area contributed by atoms with Crippen LogP contribution in [0, 0.1) is 6.92 Å². The van der Waals surface area contributed by atoms with Crippen LogP contribution in [0.1, 0.15) is 24.2 Å². The molecule has 6 nitrogen and oxygen atoms in total. The highest BCUT2D eigenvalue weighted by molar-refractivity contribution is 6.05. The Labute approximate surface area is 128 Å². The highest BCUT2D eigenvalue weighted by atomic mass is 16.2. The van der Waals surface area contributed by atoms with Crippen LogP contribution in [0.15, 0.2) is 30.7 Å². The van der Waals surface area contributed by atoms with Crippen LogP contribution >= 0.6 is 0 Å². The van der Waals surface area contributed by atoms with Crippen molar-refractivity contribution in [2.75, 3.05) is 23.3 Å². The summed E-state index contributed by atoms with van der Waals surface area (Å²) in [5.41, 5.74) is 1.64. The zero-order chi connectivity index (χ0) is 15.2. The Hall–Kier alpha value is -2.50. The van der Waals surface area contributed by atoms with Crippen molar-refractivity contribution in [3.8, 4) is 0 Å². The standard InChI is InChI=1S/C16H17N5O/c1-11-18-9-12(10-19-11)21-7-4-16(5-8-21)13-3-2-6-17-14(13)20-15(16)22/h2-3,6,9-10H,4-5,7-8H2,1H3,(H,17,20,22). The van der Waals surface area contributed by atoms with Gasteiger partial charge in [-0.3, -0.25) is 4.79 Å². The average Bonchev–Trinajstić information content (AvgIpc) is 2.82. The second kappa shape index (κ2) is 4.76. The number of fused-ring (bicyclic) bond motifs is 2. The Balaban J connectivity index is 1.59. The van der Waals surface area contributed by atoms with Crippen molar-refractivity contribution in [1.82, 2.24) is 15.0 Å². The van der Waals surface area contributed by atoms with Gasteiger partial charge in [0.05, 0.1) is 23.5 Å². The summed E-state index contributed by atoms with van der Waals surface area (Å²) in [6.07, 6.45) is 6.99. The summed E-state index contributed by atoms with van der Waals surface area (Å²) in [7, 11) is 0. The quantitative estimate of drug-likeness (QED) is 0.866. The van der Waals surface area contributed by atoms with Gasteiger partial charge in [0.2, 0.25) is 5.91 Å². The van der Waals surface area contributed by atoms with E-state index in [-0.39, 0.29) is 5.91 Å². The normalized spacial score (nSPS) is 19.1. The summed E-state index contributed by atoms with van der Waals surface area (Å²) < 4.78 is 0. The van der Waals surface area contributed by atoms with E-state index in [2.05, 4.69) is 25.2 Å². The Kier molecular flexibility index (Phi) is 2.85. The minimum atomic E-state index is -0.425. The first-order chi connectivity index (χ1) is 10.7. The van der Waals surface area contributed by atoms with Gasteiger partial charge < -0.3 is 10.2 Å². The molecule has 2 aromatic rings. The van der Waals surface area contributed by atoms with Crippen LogP contribution in [0.3, 0.4) is 0 Å². The number of hydrogen-bond donors (Lipinski definition) is 1. The molecule has 0 bridgehead atoms. The Morgan fingerprint density at radius 2 is 1.91 bits per heavy atom. The van der Waals surface area contributed by atoms with Gasteiger partial charge >= 0.3 is 0 Å². The van der Waals surface area contributed by atoms with E-state index in [4.69, 9.17) is 0 Å². The van der Waals surface area contributed by atoms with Crippen molar-refractivity contribution in [2.24, 2.45) is 0 Å². The van der Waals surface area contributed by atoms with E-state index in [1.165, 1.54) is 0 Å². The number of anilines is 2. The number of amides is 1. The molecule has 0 unspecified atom stereocenters. The Bertz CT molecular complexity index is 720. The molecule has 22 heavy (non-hydrogen) atoms. The van der Waals surface area contributed by atoms with Gasteiger partial charge in [0.1, 0.15) is 11.6 Å². The molecule has 0 aliphatic carbocycles. The number of hydrogen-bond acceptors (Lipinski definition) is 5. The lowest BCUT2D eigenvalue weighted by Crippen LogP contribution is -2.46. The van der Waals surface area contributed by atoms with E-state index in [0.29, 0.717) is 0 Å². The summed E-state index contributed by atoms with van der Waals surface area (Å²) in [6, 6.07) is 3.92. The Morgan fingerprint density at radius 1 is 1.18 bits per heavy atom. The molecular formula is C16H17N5O. The van der Waals surface area contributed by atoms with Gasteiger partial charge in [-0.1, -0.05) is 6.07 Å². The first-order valence-electron chi connectivity index (χ1n) is 7.50. The predicted octanol–water partition coefficient (Wildman–Crippen LogP) is 1.67. The average molecular weight is 295 g/mol. The minimum Gasteiger partial charge on any atom is -0.369 e. The molecular weight excluding hydrogens is 278 g/mol. The lowest BCUT2D eigenvalue weighted by atomic mass is 9.74. The number of aromatic nitrogens is 3. The Morgan fingerprint density at radius 3 is 2.64 bits per heavy atom. The number of carbonyl (C=O) groups excluding carboxylic acids is 1. The topological polar surface area (TPSA) is 71.0 Å². The van der Waals surface area contributed by atoms with E-state index < -0.39 is 5.41 Å². The fraction of sp³-hybridized carbons (Fsp3) is 0.375. The summed E-state index contributed by atoms with van der Waals surface area (Å²) in [4.78, 5) is 27.5. The second-order valence-electron chi connectivity index (χ2n) is 5.91. The molecule has 0 atom stereocenters. The molecule has 1 fully saturated rings. The van der Waals surface area contributed by atoms with Crippen molar-refractivity contribution >= 4 is 17.4 Å². The largest absolute Gasteiger partial charge is 0.369 e. The predicted molar refractivity (Wildman–Crippen MR) is 82.8 cm³/mol. The van der Waals surface area contributed by atoms with Crippen LogP contribution < -0.4 is 10.2 Å². The van der Waals surface area contributed by atoms with Crippen LogP contribution in [0.5, 0.6) is 0 Å². The van der Waals surface area contributed by atoms with Crippen LogP contribution in [-0.4, -0.2) is 33.9 Å². The molecule has 1 N–H and O–H groups in total. The molecule has 1 saturated heterocycles. The third kappa shape index (κ3) is 1.87. The van der Waals surface area contributed by atoms with Crippen molar-refractivity contribution < 1.29 is 4.79 Å². The fourth-order valence-corrected chi connectivity index (χ4v) is 3.43. The molecule has 0 saturated carbocycles. The maximum absolute atomic E-state index is 12.5. The zero-order valence-electron chi connectivity index (χ0n) is 12.4. The van der Waals surface area contributed by atoms with E-state index in [0.717, 1.165) is 48.8 Å². The van der Waals surface area contributed by atoms with E-state index in [1.807, 2.05) is 31.5 Å². The first-order valence-corrected chi connectivity index (χ1v) is 7.50. The van der Waals surface area contributed by atoms with Crippen molar-refractivity contribution in [3.63, 3.8) is 0 Å². The fourth-order valence-electron chi connectivity index (χ4n) is 3.43. The molecule has 1 amide bonds. The highest BCUT2D eigenvalue weighted by Crippen LogP contribution is 2.44. The van der Waals surface area contributed by atoms with E-state index >= 15 is 0 Å². The molecule has 2 aliphatic rings. The smallest absolute Gasteiger partial charge is 0.236 e. The molecule has 4 heterocycles.